The third-order valence-electron chi connectivity index (χ3n) is 4.55. The Morgan fingerprint density at radius 1 is 1.11 bits per heavy atom. The highest BCUT2D eigenvalue weighted by atomic mass is 79.9. The first-order chi connectivity index (χ1) is 13.1. The van der Waals surface area contributed by atoms with Gasteiger partial charge in [0.05, 0.1) is 5.56 Å². The lowest BCUT2D eigenvalue weighted by atomic mass is 10.1. The van der Waals surface area contributed by atoms with Crippen LogP contribution in [0.25, 0.3) is 0 Å². The second-order valence-electron chi connectivity index (χ2n) is 8.13. The van der Waals surface area contributed by atoms with Gasteiger partial charge in [0.1, 0.15) is 5.60 Å². The SMILES string of the molecule is Cc1cccc(C(=O)Nc2ccc3c(c2)CC(NC(=O)OC(C)(C)C)C3)c1Br. The Morgan fingerprint density at radius 3 is 2.54 bits per heavy atom. The highest BCUT2D eigenvalue weighted by Crippen LogP contribution is 2.27. The van der Waals surface area contributed by atoms with Crippen LogP contribution in [0.1, 0.15) is 47.8 Å². The first-order valence-electron chi connectivity index (χ1n) is 9.30. The second-order valence-corrected chi connectivity index (χ2v) is 8.92. The van der Waals surface area contributed by atoms with Crippen LogP contribution < -0.4 is 10.6 Å². The summed E-state index contributed by atoms with van der Waals surface area (Å²) in [6, 6.07) is 11.5. The van der Waals surface area contributed by atoms with Crippen molar-refractivity contribution in [3.63, 3.8) is 0 Å². The average molecular weight is 445 g/mol. The van der Waals surface area contributed by atoms with E-state index in [1.54, 1.807) is 6.07 Å². The molecule has 148 valence electrons. The average Bonchev–Trinajstić information content (AvgIpc) is 2.96. The molecule has 5 nitrogen and oxygen atoms in total. The van der Waals surface area contributed by atoms with Crippen molar-refractivity contribution in [1.29, 1.82) is 0 Å². The van der Waals surface area contributed by atoms with Crippen molar-refractivity contribution in [2.45, 2.75) is 52.2 Å². The van der Waals surface area contributed by atoms with Crippen LogP contribution in [0.4, 0.5) is 10.5 Å². The number of nitrogens with one attached hydrogen (secondary N) is 2. The quantitative estimate of drug-likeness (QED) is 0.699. The van der Waals surface area contributed by atoms with Crippen molar-refractivity contribution in [1.82, 2.24) is 5.32 Å². The summed E-state index contributed by atoms with van der Waals surface area (Å²) < 4.78 is 6.13. The zero-order valence-corrected chi connectivity index (χ0v) is 18.1. The number of hydrogen-bond donors (Lipinski definition) is 2. The third kappa shape index (κ3) is 4.93. The largest absolute Gasteiger partial charge is 0.444 e. The normalized spacial score (nSPS) is 15.7. The van der Waals surface area contributed by atoms with Gasteiger partial charge in [0.2, 0.25) is 0 Å². The molecule has 2 amide bonds. The van der Waals surface area contributed by atoms with Crippen LogP contribution in [-0.4, -0.2) is 23.6 Å². The number of aryl methyl sites for hydroxylation is 1. The molecule has 6 heteroatoms. The maximum Gasteiger partial charge on any atom is 0.407 e. The van der Waals surface area contributed by atoms with Gasteiger partial charge >= 0.3 is 6.09 Å². The van der Waals surface area contributed by atoms with E-state index in [1.165, 1.54) is 5.56 Å². The molecular weight excluding hydrogens is 420 g/mol. The Morgan fingerprint density at radius 2 is 1.82 bits per heavy atom. The summed E-state index contributed by atoms with van der Waals surface area (Å²) in [6.07, 6.45) is 1.07. The van der Waals surface area contributed by atoms with Crippen molar-refractivity contribution >= 4 is 33.6 Å². The van der Waals surface area contributed by atoms with Crippen LogP contribution in [0.2, 0.25) is 0 Å². The first-order valence-corrected chi connectivity index (χ1v) is 10.1. The van der Waals surface area contributed by atoms with Crippen LogP contribution in [0.5, 0.6) is 0 Å². The van der Waals surface area contributed by atoms with Crippen LogP contribution in [0.15, 0.2) is 40.9 Å². The Labute approximate surface area is 174 Å². The first kappa shape index (κ1) is 20.4. The fourth-order valence-corrected chi connectivity index (χ4v) is 3.74. The van der Waals surface area contributed by atoms with Crippen LogP contribution >= 0.6 is 15.9 Å². The third-order valence-corrected chi connectivity index (χ3v) is 5.61. The number of hydrogen-bond acceptors (Lipinski definition) is 3. The molecule has 1 atom stereocenters. The molecule has 2 aromatic rings. The van der Waals surface area contributed by atoms with E-state index in [0.717, 1.165) is 27.7 Å². The monoisotopic (exact) mass is 444 g/mol. The van der Waals surface area contributed by atoms with Crippen molar-refractivity contribution in [2.75, 3.05) is 5.32 Å². The van der Waals surface area contributed by atoms with E-state index in [9.17, 15) is 9.59 Å². The molecular formula is C22H25BrN2O3. The molecule has 28 heavy (non-hydrogen) atoms. The molecule has 0 aromatic heterocycles. The smallest absolute Gasteiger partial charge is 0.407 e. The number of benzene rings is 2. The Hall–Kier alpha value is -2.34. The van der Waals surface area contributed by atoms with E-state index in [-0.39, 0.29) is 11.9 Å². The van der Waals surface area contributed by atoms with Gasteiger partial charge < -0.3 is 15.4 Å². The number of rotatable bonds is 3. The molecule has 0 aliphatic heterocycles. The van der Waals surface area contributed by atoms with E-state index in [1.807, 2.05) is 58.0 Å². The fourth-order valence-electron chi connectivity index (χ4n) is 3.29. The van der Waals surface area contributed by atoms with Gasteiger partial charge in [-0.3, -0.25) is 4.79 Å². The predicted molar refractivity (Wildman–Crippen MR) is 114 cm³/mol. The van der Waals surface area contributed by atoms with Crippen LogP contribution in [0, 0.1) is 6.92 Å². The summed E-state index contributed by atoms with van der Waals surface area (Å²) >= 11 is 3.48. The van der Waals surface area contributed by atoms with Gasteiger partial charge in [0, 0.05) is 16.2 Å². The van der Waals surface area contributed by atoms with Crippen LogP contribution in [0.3, 0.4) is 0 Å². The molecule has 3 rings (SSSR count). The molecule has 1 aliphatic rings. The van der Waals surface area contributed by atoms with Crippen molar-refractivity contribution in [3.8, 4) is 0 Å². The number of anilines is 1. The van der Waals surface area contributed by atoms with Gasteiger partial charge in [0.15, 0.2) is 0 Å². The molecule has 1 unspecified atom stereocenters. The maximum atomic E-state index is 12.6. The van der Waals surface area contributed by atoms with Crippen molar-refractivity contribution < 1.29 is 14.3 Å². The summed E-state index contributed by atoms with van der Waals surface area (Å²) in [5.74, 6) is -0.156. The lowest BCUT2D eigenvalue weighted by Crippen LogP contribution is -2.39. The Bertz CT molecular complexity index is 918. The Balaban J connectivity index is 1.65. The molecule has 1 aliphatic carbocycles. The van der Waals surface area contributed by atoms with E-state index in [0.29, 0.717) is 12.0 Å². The lowest BCUT2D eigenvalue weighted by molar-refractivity contribution is 0.0506. The number of carbonyl (C=O) groups excluding carboxylic acids is 2. The van der Waals surface area contributed by atoms with Gasteiger partial charge in [-0.15, -0.1) is 0 Å². The van der Waals surface area contributed by atoms with Gasteiger partial charge in [-0.25, -0.2) is 4.79 Å². The molecule has 0 radical (unpaired) electrons. The van der Waals surface area contributed by atoms with Gasteiger partial charge in [-0.1, -0.05) is 18.2 Å². The zero-order valence-electron chi connectivity index (χ0n) is 16.6. The number of alkyl carbamates (subject to hydrolysis) is 1. The summed E-state index contributed by atoms with van der Waals surface area (Å²) in [5, 5.41) is 5.89. The number of carbonyl (C=O) groups is 2. The fraction of sp³-hybridized carbons (Fsp3) is 0.364. The lowest BCUT2D eigenvalue weighted by Gasteiger charge is -2.21. The van der Waals surface area contributed by atoms with Crippen LogP contribution in [-0.2, 0) is 17.6 Å². The van der Waals surface area contributed by atoms with E-state index < -0.39 is 11.7 Å². The second kappa shape index (κ2) is 7.95. The highest BCUT2D eigenvalue weighted by molar-refractivity contribution is 9.10. The predicted octanol–water partition coefficient (Wildman–Crippen LogP) is 5.00. The Kier molecular flexibility index (Phi) is 5.79. The van der Waals surface area contributed by atoms with Gasteiger partial charge in [-0.05, 0) is 91.4 Å². The van der Waals surface area contributed by atoms with E-state index in [4.69, 9.17) is 4.74 Å². The maximum absolute atomic E-state index is 12.6. The van der Waals surface area contributed by atoms with E-state index >= 15 is 0 Å². The zero-order chi connectivity index (χ0) is 20.5. The molecule has 0 saturated carbocycles. The van der Waals surface area contributed by atoms with Crippen molar-refractivity contribution in [3.05, 3.63) is 63.1 Å². The summed E-state index contributed by atoms with van der Waals surface area (Å²) in [4.78, 5) is 24.6. The molecule has 0 fully saturated rings. The minimum atomic E-state index is -0.517. The summed E-state index contributed by atoms with van der Waals surface area (Å²) in [6.45, 7) is 7.49. The number of amides is 2. The molecule has 0 saturated heterocycles. The molecule has 0 bridgehead atoms. The molecule has 0 spiro atoms. The van der Waals surface area contributed by atoms with Gasteiger partial charge in [0.25, 0.3) is 5.91 Å². The summed E-state index contributed by atoms with van der Waals surface area (Å²) in [7, 11) is 0. The number of ether oxygens (including phenoxy) is 1. The number of fused-ring (bicyclic) bond motifs is 1. The molecule has 0 heterocycles. The standard InChI is InChI=1S/C22H25BrN2O3/c1-13-6-5-7-18(19(13)23)20(26)24-16-9-8-14-10-17(12-15(14)11-16)25-21(27)28-22(2,3)4/h5-9,11,17H,10,12H2,1-4H3,(H,24,26)(H,25,27). The minimum absolute atomic E-state index is 0.00159. The number of halogens is 1. The highest BCUT2D eigenvalue weighted by Gasteiger charge is 2.25. The molecule has 2 N–H and O–H groups in total. The topological polar surface area (TPSA) is 67.4 Å². The van der Waals surface area contributed by atoms with Gasteiger partial charge in [-0.2, -0.15) is 0 Å². The summed E-state index contributed by atoms with van der Waals surface area (Å²) in [5.41, 5.74) is 4.15. The van der Waals surface area contributed by atoms with E-state index in [2.05, 4.69) is 26.6 Å². The minimum Gasteiger partial charge on any atom is -0.444 e. The molecule has 2 aromatic carbocycles. The van der Waals surface area contributed by atoms with Crippen molar-refractivity contribution in [2.24, 2.45) is 0 Å².